The van der Waals surface area contributed by atoms with Crippen molar-refractivity contribution in [2.45, 2.75) is 58.0 Å². The van der Waals surface area contributed by atoms with Crippen LogP contribution in [0.1, 0.15) is 46.5 Å². The minimum absolute atomic E-state index is 0.251. The number of hydrogen-bond acceptors (Lipinski definition) is 2. The van der Waals surface area contributed by atoms with Crippen LogP contribution in [0, 0.1) is 0 Å². The van der Waals surface area contributed by atoms with Crippen molar-refractivity contribution in [3.8, 4) is 0 Å². The maximum absolute atomic E-state index is 12.2. The van der Waals surface area contributed by atoms with Gasteiger partial charge in [-0.3, -0.25) is 4.79 Å². The number of nitrogens with zero attached hydrogens (tertiary/aromatic N) is 1. The number of rotatable bonds is 4. The van der Waals surface area contributed by atoms with Gasteiger partial charge in [0.2, 0.25) is 5.91 Å². The summed E-state index contributed by atoms with van der Waals surface area (Å²) in [7, 11) is 1.92. The molecule has 88 valence electrons. The fourth-order valence-corrected chi connectivity index (χ4v) is 2.28. The minimum Gasteiger partial charge on any atom is -0.341 e. The summed E-state index contributed by atoms with van der Waals surface area (Å²) in [6, 6.07) is 0.349. The number of carbonyl (C=O) groups is 1. The number of carbonyl (C=O) groups excluding carboxylic acids is 1. The molecule has 3 heteroatoms. The number of amides is 1. The van der Waals surface area contributed by atoms with E-state index in [2.05, 4.69) is 19.2 Å². The highest BCUT2D eigenvalue weighted by Gasteiger charge is 2.38. The van der Waals surface area contributed by atoms with Crippen LogP contribution in [0.25, 0.3) is 0 Å². The molecular weight excluding hydrogens is 188 g/mol. The van der Waals surface area contributed by atoms with E-state index in [4.69, 9.17) is 0 Å². The van der Waals surface area contributed by atoms with Gasteiger partial charge in [0.15, 0.2) is 0 Å². The van der Waals surface area contributed by atoms with Crippen LogP contribution >= 0.6 is 0 Å². The Balaban J connectivity index is 2.58. The van der Waals surface area contributed by atoms with Crippen LogP contribution < -0.4 is 5.32 Å². The Labute approximate surface area is 93.2 Å². The van der Waals surface area contributed by atoms with Crippen LogP contribution in [0.15, 0.2) is 0 Å². The zero-order valence-electron chi connectivity index (χ0n) is 10.5. The SMILES string of the molecule is CCCC(C)N(C)C(=O)C1(C)CCCN1. The molecule has 0 aromatic carbocycles. The Morgan fingerprint density at radius 1 is 1.60 bits per heavy atom. The lowest BCUT2D eigenvalue weighted by Crippen LogP contribution is -2.53. The summed E-state index contributed by atoms with van der Waals surface area (Å²) < 4.78 is 0. The molecule has 15 heavy (non-hydrogen) atoms. The van der Waals surface area contributed by atoms with E-state index >= 15 is 0 Å². The van der Waals surface area contributed by atoms with E-state index < -0.39 is 0 Å². The number of hydrogen-bond donors (Lipinski definition) is 1. The number of likely N-dealkylation sites (N-methyl/N-ethyl adjacent to an activating group) is 1. The van der Waals surface area contributed by atoms with Gasteiger partial charge in [0, 0.05) is 13.1 Å². The normalized spacial score (nSPS) is 27.7. The Morgan fingerprint density at radius 2 is 2.27 bits per heavy atom. The lowest BCUT2D eigenvalue weighted by molar-refractivity contribution is -0.137. The van der Waals surface area contributed by atoms with Crippen LogP contribution in [0.2, 0.25) is 0 Å². The van der Waals surface area contributed by atoms with E-state index in [1.807, 2.05) is 18.9 Å². The molecule has 1 fully saturated rings. The molecule has 2 unspecified atom stereocenters. The Bertz CT molecular complexity index is 222. The van der Waals surface area contributed by atoms with Crippen molar-refractivity contribution in [2.75, 3.05) is 13.6 Å². The third-order valence-corrected chi connectivity index (χ3v) is 3.53. The van der Waals surface area contributed by atoms with Crippen LogP contribution in [-0.2, 0) is 4.79 Å². The molecule has 1 heterocycles. The fourth-order valence-electron chi connectivity index (χ4n) is 2.28. The molecule has 0 aliphatic carbocycles. The van der Waals surface area contributed by atoms with Crippen LogP contribution in [0.4, 0.5) is 0 Å². The average molecular weight is 212 g/mol. The van der Waals surface area contributed by atoms with E-state index in [-0.39, 0.29) is 11.4 Å². The molecule has 1 rings (SSSR count). The Hall–Kier alpha value is -0.570. The number of nitrogens with one attached hydrogen (secondary N) is 1. The molecule has 0 spiro atoms. The first-order chi connectivity index (χ1) is 7.01. The molecule has 2 atom stereocenters. The Morgan fingerprint density at radius 3 is 2.73 bits per heavy atom. The van der Waals surface area contributed by atoms with Gasteiger partial charge in [0.1, 0.15) is 0 Å². The molecule has 1 N–H and O–H groups in total. The van der Waals surface area contributed by atoms with Gasteiger partial charge < -0.3 is 10.2 Å². The highest BCUT2D eigenvalue weighted by molar-refractivity contribution is 5.86. The van der Waals surface area contributed by atoms with Gasteiger partial charge in [-0.2, -0.15) is 0 Å². The first-order valence-electron chi connectivity index (χ1n) is 6.03. The molecular formula is C12H24N2O. The molecule has 0 radical (unpaired) electrons. The van der Waals surface area contributed by atoms with E-state index in [1.54, 1.807) is 0 Å². The topological polar surface area (TPSA) is 32.3 Å². The first kappa shape index (κ1) is 12.5. The zero-order chi connectivity index (χ0) is 11.5. The van der Waals surface area contributed by atoms with Crippen LogP contribution in [0.5, 0.6) is 0 Å². The monoisotopic (exact) mass is 212 g/mol. The molecule has 1 aliphatic heterocycles. The zero-order valence-corrected chi connectivity index (χ0v) is 10.5. The lowest BCUT2D eigenvalue weighted by Gasteiger charge is -2.33. The smallest absolute Gasteiger partial charge is 0.242 e. The van der Waals surface area contributed by atoms with Crippen molar-refractivity contribution in [1.29, 1.82) is 0 Å². The lowest BCUT2D eigenvalue weighted by atomic mass is 9.97. The molecule has 1 amide bonds. The molecule has 0 saturated carbocycles. The van der Waals surface area contributed by atoms with Crippen LogP contribution in [0.3, 0.4) is 0 Å². The minimum atomic E-state index is -0.309. The molecule has 0 bridgehead atoms. The maximum atomic E-state index is 12.2. The summed E-state index contributed by atoms with van der Waals surface area (Å²) in [4.78, 5) is 14.2. The quantitative estimate of drug-likeness (QED) is 0.770. The molecule has 1 aliphatic rings. The van der Waals surface area contributed by atoms with E-state index in [9.17, 15) is 4.79 Å². The van der Waals surface area contributed by atoms with E-state index in [1.165, 1.54) is 0 Å². The van der Waals surface area contributed by atoms with Crippen molar-refractivity contribution in [2.24, 2.45) is 0 Å². The van der Waals surface area contributed by atoms with Gasteiger partial charge in [-0.05, 0) is 39.7 Å². The standard InChI is InChI=1S/C12H24N2O/c1-5-7-10(2)14(4)11(15)12(3)8-6-9-13-12/h10,13H,5-9H2,1-4H3. The highest BCUT2D eigenvalue weighted by Crippen LogP contribution is 2.22. The van der Waals surface area contributed by atoms with Gasteiger partial charge in [0.05, 0.1) is 5.54 Å². The summed E-state index contributed by atoms with van der Waals surface area (Å²) in [5, 5.41) is 3.32. The van der Waals surface area contributed by atoms with Gasteiger partial charge in [-0.1, -0.05) is 13.3 Å². The second kappa shape index (κ2) is 4.97. The Kier molecular flexibility index (Phi) is 4.14. The van der Waals surface area contributed by atoms with Crippen molar-refractivity contribution in [3.63, 3.8) is 0 Å². The van der Waals surface area contributed by atoms with E-state index in [0.717, 1.165) is 32.2 Å². The predicted molar refractivity (Wildman–Crippen MR) is 62.8 cm³/mol. The predicted octanol–water partition coefficient (Wildman–Crippen LogP) is 1.78. The maximum Gasteiger partial charge on any atom is 0.242 e. The highest BCUT2D eigenvalue weighted by atomic mass is 16.2. The molecule has 0 aromatic rings. The third-order valence-electron chi connectivity index (χ3n) is 3.53. The molecule has 0 aromatic heterocycles. The molecule has 3 nitrogen and oxygen atoms in total. The van der Waals surface area contributed by atoms with Crippen LogP contribution in [-0.4, -0.2) is 36.0 Å². The van der Waals surface area contributed by atoms with E-state index in [0.29, 0.717) is 6.04 Å². The fraction of sp³-hybridized carbons (Fsp3) is 0.917. The summed E-state index contributed by atoms with van der Waals surface area (Å²) in [6.45, 7) is 7.28. The van der Waals surface area contributed by atoms with Gasteiger partial charge in [0.25, 0.3) is 0 Å². The summed E-state index contributed by atoms with van der Waals surface area (Å²) >= 11 is 0. The van der Waals surface area contributed by atoms with Crippen molar-refractivity contribution >= 4 is 5.91 Å². The largest absolute Gasteiger partial charge is 0.341 e. The van der Waals surface area contributed by atoms with Gasteiger partial charge in [-0.25, -0.2) is 0 Å². The summed E-state index contributed by atoms with van der Waals surface area (Å²) in [5.74, 6) is 0.251. The second-order valence-corrected chi connectivity index (χ2v) is 4.92. The third kappa shape index (κ3) is 2.71. The molecule has 1 saturated heterocycles. The second-order valence-electron chi connectivity index (χ2n) is 4.92. The average Bonchev–Trinajstić information content (AvgIpc) is 2.64. The van der Waals surface area contributed by atoms with Crippen molar-refractivity contribution in [3.05, 3.63) is 0 Å². The summed E-state index contributed by atoms with van der Waals surface area (Å²) in [6.07, 6.45) is 4.29. The van der Waals surface area contributed by atoms with Gasteiger partial charge in [-0.15, -0.1) is 0 Å². The van der Waals surface area contributed by atoms with Crippen molar-refractivity contribution < 1.29 is 4.79 Å². The summed E-state index contributed by atoms with van der Waals surface area (Å²) in [5.41, 5.74) is -0.309. The first-order valence-corrected chi connectivity index (χ1v) is 6.03. The van der Waals surface area contributed by atoms with Crippen molar-refractivity contribution in [1.82, 2.24) is 10.2 Å². The van der Waals surface area contributed by atoms with Gasteiger partial charge >= 0.3 is 0 Å².